The molecule has 0 aliphatic carbocycles. The number of thiophene rings is 1. The van der Waals surface area contributed by atoms with Crippen LogP contribution in [-0.2, 0) is 16.4 Å². The van der Waals surface area contributed by atoms with Crippen molar-refractivity contribution in [2.75, 3.05) is 6.54 Å². The lowest BCUT2D eigenvalue weighted by molar-refractivity contribution is 0.0695. The molecule has 0 unspecified atom stereocenters. The average molecular weight is 437 g/mol. The summed E-state index contributed by atoms with van der Waals surface area (Å²) in [5, 5.41) is 12.9. The quantitative estimate of drug-likeness (QED) is 0.681. The summed E-state index contributed by atoms with van der Waals surface area (Å²) in [5.41, 5.74) is 1.05. The molecule has 0 fully saturated rings. The zero-order chi connectivity index (χ0) is 15.5. The number of aromatic carboxylic acids is 1. The molecule has 21 heavy (non-hydrogen) atoms. The summed E-state index contributed by atoms with van der Waals surface area (Å²) in [5.74, 6) is -1.14. The van der Waals surface area contributed by atoms with E-state index in [0.717, 1.165) is 5.56 Å². The predicted molar refractivity (Wildman–Crippen MR) is 89.3 cm³/mol. The normalized spacial score (nSPS) is 11.5. The van der Waals surface area contributed by atoms with Crippen LogP contribution in [0.25, 0.3) is 0 Å². The third-order valence-corrected chi connectivity index (χ3v) is 5.90. The molecule has 0 aliphatic rings. The second-order valence-corrected chi connectivity index (χ2v) is 7.94. The molecule has 112 valence electrons. The van der Waals surface area contributed by atoms with Crippen molar-refractivity contribution in [2.45, 2.75) is 11.3 Å². The van der Waals surface area contributed by atoms with Gasteiger partial charge in [-0.2, -0.15) is 11.3 Å². The average Bonchev–Trinajstić information content (AvgIpc) is 2.91. The fraction of sp³-hybridized carbons (Fsp3) is 0.154. The molecule has 1 aromatic heterocycles. The predicted octanol–water partition coefficient (Wildman–Crippen LogP) is 2.57. The monoisotopic (exact) mass is 437 g/mol. The Hall–Kier alpha value is -0.970. The molecule has 2 rings (SSSR count). The highest BCUT2D eigenvalue weighted by Gasteiger charge is 2.17. The fourth-order valence-corrected chi connectivity index (χ4v) is 4.01. The molecule has 0 spiro atoms. The van der Waals surface area contributed by atoms with Crippen molar-refractivity contribution in [1.82, 2.24) is 4.72 Å². The van der Waals surface area contributed by atoms with Gasteiger partial charge in [-0.3, -0.25) is 0 Å². The van der Waals surface area contributed by atoms with Gasteiger partial charge in [-0.15, -0.1) is 0 Å². The topological polar surface area (TPSA) is 83.5 Å². The summed E-state index contributed by atoms with van der Waals surface area (Å²) in [6, 6.07) is 6.00. The van der Waals surface area contributed by atoms with Gasteiger partial charge in [0.15, 0.2) is 0 Å². The number of rotatable bonds is 6. The highest BCUT2D eigenvalue weighted by molar-refractivity contribution is 14.1. The van der Waals surface area contributed by atoms with Crippen molar-refractivity contribution in [1.29, 1.82) is 0 Å². The maximum absolute atomic E-state index is 12.1. The Labute approximate surface area is 140 Å². The Kier molecular flexibility index (Phi) is 5.36. The van der Waals surface area contributed by atoms with Gasteiger partial charge in [-0.1, -0.05) is 0 Å². The highest BCUT2D eigenvalue weighted by atomic mass is 127. The first-order valence-electron chi connectivity index (χ1n) is 5.94. The van der Waals surface area contributed by atoms with Crippen LogP contribution in [0, 0.1) is 3.57 Å². The van der Waals surface area contributed by atoms with Crippen molar-refractivity contribution >= 4 is 49.9 Å². The lowest BCUT2D eigenvalue weighted by Crippen LogP contribution is -2.26. The largest absolute Gasteiger partial charge is 0.478 e. The first-order chi connectivity index (χ1) is 9.90. The van der Waals surface area contributed by atoms with Crippen LogP contribution in [-0.4, -0.2) is 26.0 Å². The molecular formula is C13H12INO4S2. The lowest BCUT2D eigenvalue weighted by atomic mass is 10.2. The first kappa shape index (κ1) is 16.4. The Balaban J connectivity index is 2.12. The SMILES string of the molecule is O=C(O)c1cc(S(=O)(=O)NCCc2ccsc2)ccc1I. The maximum Gasteiger partial charge on any atom is 0.336 e. The van der Waals surface area contributed by atoms with E-state index < -0.39 is 16.0 Å². The molecule has 2 N–H and O–H groups in total. The molecule has 0 aliphatic heterocycles. The molecular weight excluding hydrogens is 425 g/mol. The van der Waals surface area contributed by atoms with Crippen LogP contribution in [0.1, 0.15) is 15.9 Å². The molecule has 0 bridgehead atoms. The van der Waals surface area contributed by atoms with Crippen molar-refractivity contribution in [3.05, 3.63) is 49.7 Å². The Morgan fingerprint density at radius 3 is 2.71 bits per heavy atom. The van der Waals surface area contributed by atoms with E-state index in [2.05, 4.69) is 4.72 Å². The van der Waals surface area contributed by atoms with E-state index >= 15 is 0 Å². The van der Waals surface area contributed by atoms with Gasteiger partial charge >= 0.3 is 5.97 Å². The number of halogens is 1. The minimum atomic E-state index is -3.70. The number of carboxylic acid groups (broad SMARTS) is 1. The number of sulfonamides is 1. The van der Waals surface area contributed by atoms with Crippen molar-refractivity contribution < 1.29 is 18.3 Å². The molecule has 0 radical (unpaired) electrons. The minimum Gasteiger partial charge on any atom is -0.478 e. The zero-order valence-electron chi connectivity index (χ0n) is 10.7. The summed E-state index contributed by atoms with van der Waals surface area (Å²) in [7, 11) is -3.70. The van der Waals surface area contributed by atoms with E-state index in [1.165, 1.54) is 18.2 Å². The van der Waals surface area contributed by atoms with Gasteiger partial charge in [0.25, 0.3) is 0 Å². The molecule has 1 heterocycles. The van der Waals surface area contributed by atoms with E-state index in [9.17, 15) is 13.2 Å². The summed E-state index contributed by atoms with van der Waals surface area (Å²) in [6.45, 7) is 0.271. The first-order valence-corrected chi connectivity index (χ1v) is 9.44. The molecule has 5 nitrogen and oxygen atoms in total. The number of nitrogens with one attached hydrogen (secondary N) is 1. The number of hydrogen-bond acceptors (Lipinski definition) is 4. The molecule has 8 heteroatoms. The fourth-order valence-electron chi connectivity index (χ4n) is 1.68. The molecule has 2 aromatic rings. The summed E-state index contributed by atoms with van der Waals surface area (Å²) >= 11 is 3.42. The van der Waals surface area contributed by atoms with Gasteiger partial charge in [0.05, 0.1) is 10.5 Å². The summed E-state index contributed by atoms with van der Waals surface area (Å²) in [4.78, 5) is 11.0. The number of carboxylic acids is 1. The van der Waals surface area contributed by atoms with Crippen LogP contribution in [0.3, 0.4) is 0 Å². The van der Waals surface area contributed by atoms with Gasteiger partial charge in [-0.05, 0) is 69.6 Å². The summed E-state index contributed by atoms with van der Waals surface area (Å²) in [6.07, 6.45) is 0.596. The summed E-state index contributed by atoms with van der Waals surface area (Å²) < 4.78 is 27.3. The Morgan fingerprint density at radius 2 is 2.10 bits per heavy atom. The van der Waals surface area contributed by atoms with Gasteiger partial charge < -0.3 is 5.11 Å². The molecule has 1 aromatic carbocycles. The molecule has 0 amide bonds. The van der Waals surface area contributed by atoms with E-state index in [1.807, 2.05) is 39.4 Å². The van der Waals surface area contributed by atoms with Crippen molar-refractivity contribution in [3.63, 3.8) is 0 Å². The van der Waals surface area contributed by atoms with Crippen LogP contribution >= 0.6 is 33.9 Å². The van der Waals surface area contributed by atoms with Crippen LogP contribution in [0.5, 0.6) is 0 Å². The molecule has 0 atom stereocenters. The smallest absolute Gasteiger partial charge is 0.336 e. The number of carbonyl (C=O) groups is 1. The second-order valence-electron chi connectivity index (χ2n) is 4.23. The second kappa shape index (κ2) is 6.86. The van der Waals surface area contributed by atoms with Gasteiger partial charge in [0.2, 0.25) is 10.0 Å². The van der Waals surface area contributed by atoms with Gasteiger partial charge in [0.1, 0.15) is 0 Å². The van der Waals surface area contributed by atoms with Crippen LogP contribution in [0.15, 0.2) is 39.9 Å². The van der Waals surface area contributed by atoms with E-state index in [-0.39, 0.29) is 17.0 Å². The van der Waals surface area contributed by atoms with Gasteiger partial charge in [0, 0.05) is 10.1 Å². The minimum absolute atomic E-state index is 0.0173. The standard InChI is InChI=1S/C13H12INO4S2/c14-12-2-1-10(7-11(12)13(16)17)21(18,19)15-5-3-9-4-6-20-8-9/h1-2,4,6-8,15H,3,5H2,(H,16,17). The lowest BCUT2D eigenvalue weighted by Gasteiger charge is -2.08. The van der Waals surface area contributed by atoms with Crippen molar-refractivity contribution in [3.8, 4) is 0 Å². The van der Waals surface area contributed by atoms with E-state index in [4.69, 9.17) is 5.11 Å². The van der Waals surface area contributed by atoms with Crippen molar-refractivity contribution in [2.24, 2.45) is 0 Å². The van der Waals surface area contributed by atoms with Gasteiger partial charge in [-0.25, -0.2) is 17.9 Å². The highest BCUT2D eigenvalue weighted by Crippen LogP contribution is 2.18. The third kappa shape index (κ3) is 4.25. The van der Waals surface area contributed by atoms with Crippen LogP contribution < -0.4 is 4.72 Å². The molecule has 0 saturated heterocycles. The van der Waals surface area contributed by atoms with E-state index in [1.54, 1.807) is 11.3 Å². The Bertz CT molecular complexity index is 742. The number of benzene rings is 1. The number of hydrogen-bond donors (Lipinski definition) is 2. The zero-order valence-corrected chi connectivity index (χ0v) is 14.5. The van der Waals surface area contributed by atoms with E-state index in [0.29, 0.717) is 9.99 Å². The Morgan fingerprint density at radius 1 is 1.33 bits per heavy atom. The molecule has 0 saturated carbocycles. The maximum atomic E-state index is 12.1. The van der Waals surface area contributed by atoms with Crippen LogP contribution in [0.4, 0.5) is 0 Å². The van der Waals surface area contributed by atoms with Crippen LogP contribution in [0.2, 0.25) is 0 Å². The third-order valence-electron chi connectivity index (χ3n) is 2.76.